The number of H-pyrrole nitrogens is 1. The minimum absolute atomic E-state index is 0.388. The molecule has 0 saturated carbocycles. The molecule has 1 aliphatic carbocycles. The van der Waals surface area contributed by atoms with Crippen LogP contribution in [0.1, 0.15) is 36.4 Å². The molecule has 1 aromatic heterocycles. The van der Waals surface area contributed by atoms with E-state index in [1.165, 1.54) is 23.1 Å². The van der Waals surface area contributed by atoms with Gasteiger partial charge in [0, 0.05) is 28.0 Å². The summed E-state index contributed by atoms with van der Waals surface area (Å²) in [5.74, 6) is 0.388. The van der Waals surface area contributed by atoms with Gasteiger partial charge in [-0.05, 0) is 42.9 Å². The molecule has 0 fully saturated rings. The van der Waals surface area contributed by atoms with Crippen molar-refractivity contribution < 1.29 is 0 Å². The Kier molecular flexibility index (Phi) is 2.57. The molecule has 1 N–H and O–H groups in total. The summed E-state index contributed by atoms with van der Waals surface area (Å²) in [6.45, 7) is 0. The predicted octanol–water partition coefficient (Wildman–Crippen LogP) is 4.15. The van der Waals surface area contributed by atoms with Crippen molar-refractivity contribution in [3.05, 3.63) is 34.5 Å². The Bertz CT molecular complexity index is 606. The number of nitrogens with zero attached hydrogens (tertiary/aromatic N) is 1. The molecule has 0 amide bonds. The number of aromatic nitrogens is 1. The van der Waals surface area contributed by atoms with Crippen LogP contribution < -0.4 is 0 Å². The van der Waals surface area contributed by atoms with Gasteiger partial charge in [0.2, 0.25) is 0 Å². The third-order valence-electron chi connectivity index (χ3n) is 3.61. The van der Waals surface area contributed by atoms with Crippen molar-refractivity contribution in [1.82, 2.24) is 4.98 Å². The molecule has 1 heterocycles. The molecular formula is C14H13ClN2. The summed E-state index contributed by atoms with van der Waals surface area (Å²) in [7, 11) is 0. The van der Waals surface area contributed by atoms with Gasteiger partial charge in [-0.2, -0.15) is 5.26 Å². The summed E-state index contributed by atoms with van der Waals surface area (Å²) in [5.41, 5.74) is 3.76. The fraction of sp³-hybridized carbons (Fsp3) is 0.357. The fourth-order valence-corrected chi connectivity index (χ4v) is 3.07. The summed E-state index contributed by atoms with van der Waals surface area (Å²) >= 11 is 6.01. The zero-order chi connectivity index (χ0) is 11.8. The van der Waals surface area contributed by atoms with Crippen LogP contribution in [0.3, 0.4) is 0 Å². The summed E-state index contributed by atoms with van der Waals surface area (Å²) in [5, 5.41) is 10.9. The number of aryl methyl sites for hydroxylation is 1. The number of fused-ring (bicyclic) bond motifs is 3. The standard InChI is InChI=1S/C14H13ClN2/c15-10-4-5-11-13(8-10)17-12-3-1-2-9(6-7-16)14(11)12/h4-5,8-9,17H,1-3,6H2. The second-order valence-electron chi connectivity index (χ2n) is 4.66. The molecule has 0 bridgehead atoms. The number of aromatic amines is 1. The molecule has 1 atom stereocenters. The number of nitrogens with one attached hydrogen (secondary N) is 1. The van der Waals surface area contributed by atoms with Crippen molar-refractivity contribution in [2.24, 2.45) is 0 Å². The van der Waals surface area contributed by atoms with Crippen molar-refractivity contribution in [2.75, 3.05) is 0 Å². The summed E-state index contributed by atoms with van der Waals surface area (Å²) < 4.78 is 0. The quantitative estimate of drug-likeness (QED) is 0.804. The first-order chi connectivity index (χ1) is 8.29. The molecule has 1 unspecified atom stereocenters. The van der Waals surface area contributed by atoms with Crippen LogP contribution in [0.25, 0.3) is 10.9 Å². The van der Waals surface area contributed by atoms with E-state index in [4.69, 9.17) is 16.9 Å². The van der Waals surface area contributed by atoms with E-state index in [-0.39, 0.29) is 0 Å². The lowest BCUT2D eigenvalue weighted by atomic mass is 9.83. The van der Waals surface area contributed by atoms with Crippen LogP contribution in [0, 0.1) is 11.3 Å². The SMILES string of the molecule is N#CCC1CCCc2[nH]c3cc(Cl)ccc3c21. The molecule has 0 radical (unpaired) electrons. The van der Waals surface area contributed by atoms with Crippen LogP contribution >= 0.6 is 11.6 Å². The number of hydrogen-bond acceptors (Lipinski definition) is 1. The molecule has 17 heavy (non-hydrogen) atoms. The minimum Gasteiger partial charge on any atom is -0.358 e. The van der Waals surface area contributed by atoms with Crippen molar-refractivity contribution >= 4 is 22.5 Å². The number of rotatable bonds is 1. The van der Waals surface area contributed by atoms with Crippen LogP contribution in [0.2, 0.25) is 5.02 Å². The van der Waals surface area contributed by atoms with E-state index in [0.717, 1.165) is 23.4 Å². The lowest BCUT2D eigenvalue weighted by Crippen LogP contribution is -2.08. The number of benzene rings is 1. The molecule has 3 rings (SSSR count). The van der Waals surface area contributed by atoms with Crippen LogP contribution in [0.4, 0.5) is 0 Å². The van der Waals surface area contributed by atoms with Gasteiger partial charge in [-0.1, -0.05) is 17.7 Å². The molecule has 2 nitrogen and oxygen atoms in total. The Balaban J connectivity index is 2.21. The normalized spacial score (nSPS) is 18.9. The van der Waals surface area contributed by atoms with Crippen LogP contribution in [-0.2, 0) is 6.42 Å². The second-order valence-corrected chi connectivity index (χ2v) is 5.09. The molecule has 0 aliphatic heterocycles. The first-order valence-corrected chi connectivity index (χ1v) is 6.34. The molecule has 3 heteroatoms. The highest BCUT2D eigenvalue weighted by molar-refractivity contribution is 6.31. The van der Waals surface area contributed by atoms with E-state index < -0.39 is 0 Å². The highest BCUT2D eigenvalue weighted by Gasteiger charge is 2.24. The largest absolute Gasteiger partial charge is 0.358 e. The lowest BCUT2D eigenvalue weighted by molar-refractivity contribution is 0.561. The maximum atomic E-state index is 8.92. The van der Waals surface area contributed by atoms with Gasteiger partial charge in [0.05, 0.1) is 6.07 Å². The van der Waals surface area contributed by atoms with Gasteiger partial charge in [0.25, 0.3) is 0 Å². The van der Waals surface area contributed by atoms with Gasteiger partial charge in [0.15, 0.2) is 0 Å². The van der Waals surface area contributed by atoms with Crippen LogP contribution in [0.15, 0.2) is 18.2 Å². The van der Waals surface area contributed by atoms with Crippen LogP contribution in [0.5, 0.6) is 0 Å². The van der Waals surface area contributed by atoms with E-state index in [1.807, 2.05) is 12.1 Å². The predicted molar refractivity (Wildman–Crippen MR) is 69.2 cm³/mol. The molecule has 1 aromatic carbocycles. The fourth-order valence-electron chi connectivity index (χ4n) is 2.89. The zero-order valence-electron chi connectivity index (χ0n) is 9.46. The van der Waals surface area contributed by atoms with Crippen molar-refractivity contribution in [3.63, 3.8) is 0 Å². The van der Waals surface area contributed by atoms with Gasteiger partial charge >= 0.3 is 0 Å². The molecule has 86 valence electrons. The molecule has 1 aliphatic rings. The average molecular weight is 245 g/mol. The van der Waals surface area contributed by atoms with E-state index >= 15 is 0 Å². The average Bonchev–Trinajstić information content (AvgIpc) is 2.67. The molecule has 0 spiro atoms. The van der Waals surface area contributed by atoms with Crippen molar-refractivity contribution in [2.45, 2.75) is 31.6 Å². The maximum absolute atomic E-state index is 8.92. The Morgan fingerprint density at radius 1 is 1.47 bits per heavy atom. The van der Waals surface area contributed by atoms with E-state index in [0.29, 0.717) is 12.3 Å². The third-order valence-corrected chi connectivity index (χ3v) is 3.84. The zero-order valence-corrected chi connectivity index (χ0v) is 10.2. The third kappa shape index (κ3) is 1.71. The van der Waals surface area contributed by atoms with Gasteiger partial charge in [-0.15, -0.1) is 0 Å². The Morgan fingerprint density at radius 3 is 3.18 bits per heavy atom. The Labute approximate surface area is 105 Å². The first kappa shape index (κ1) is 10.7. The van der Waals surface area contributed by atoms with Crippen molar-refractivity contribution in [3.8, 4) is 6.07 Å². The summed E-state index contributed by atoms with van der Waals surface area (Å²) in [4.78, 5) is 3.45. The number of hydrogen-bond donors (Lipinski definition) is 1. The maximum Gasteiger partial charge on any atom is 0.0628 e. The smallest absolute Gasteiger partial charge is 0.0628 e. The van der Waals surface area contributed by atoms with Gasteiger partial charge in [-0.25, -0.2) is 0 Å². The Morgan fingerprint density at radius 2 is 2.35 bits per heavy atom. The van der Waals surface area contributed by atoms with Gasteiger partial charge in [-0.3, -0.25) is 0 Å². The topological polar surface area (TPSA) is 39.6 Å². The van der Waals surface area contributed by atoms with E-state index in [2.05, 4.69) is 17.1 Å². The minimum atomic E-state index is 0.388. The lowest BCUT2D eigenvalue weighted by Gasteiger charge is -2.20. The second kappa shape index (κ2) is 4.09. The van der Waals surface area contributed by atoms with E-state index in [1.54, 1.807) is 0 Å². The van der Waals surface area contributed by atoms with Gasteiger partial charge in [0.1, 0.15) is 0 Å². The molecule has 2 aromatic rings. The first-order valence-electron chi connectivity index (χ1n) is 5.96. The van der Waals surface area contributed by atoms with Crippen molar-refractivity contribution in [1.29, 1.82) is 5.26 Å². The summed E-state index contributed by atoms with van der Waals surface area (Å²) in [6.07, 6.45) is 3.99. The number of nitriles is 1. The van der Waals surface area contributed by atoms with Gasteiger partial charge < -0.3 is 4.98 Å². The number of halogens is 1. The highest BCUT2D eigenvalue weighted by atomic mass is 35.5. The highest BCUT2D eigenvalue weighted by Crippen LogP contribution is 2.39. The summed E-state index contributed by atoms with van der Waals surface area (Å²) in [6, 6.07) is 8.27. The molecular weight excluding hydrogens is 232 g/mol. The monoisotopic (exact) mass is 244 g/mol. The molecule has 0 saturated heterocycles. The Hall–Kier alpha value is -1.46. The van der Waals surface area contributed by atoms with Crippen LogP contribution in [-0.4, -0.2) is 4.98 Å². The van der Waals surface area contributed by atoms with E-state index in [9.17, 15) is 0 Å².